The quantitative estimate of drug-likeness (QED) is 0.445. The lowest BCUT2D eigenvalue weighted by Gasteiger charge is -2.15. The van der Waals surface area contributed by atoms with Gasteiger partial charge in [-0.3, -0.25) is 4.40 Å². The molecule has 0 aliphatic rings. The summed E-state index contributed by atoms with van der Waals surface area (Å²) in [5, 5.41) is 11.1. The lowest BCUT2D eigenvalue weighted by Crippen LogP contribution is -2.12. The first kappa shape index (κ1) is 18.1. The van der Waals surface area contributed by atoms with Gasteiger partial charge in [-0.1, -0.05) is 18.2 Å². The maximum atomic E-state index is 13.0. The Bertz CT molecular complexity index is 1140. The van der Waals surface area contributed by atoms with Crippen LogP contribution >= 0.6 is 0 Å². The van der Waals surface area contributed by atoms with E-state index in [9.17, 15) is 26.3 Å². The number of pyridine rings is 1. The van der Waals surface area contributed by atoms with Gasteiger partial charge in [0.25, 0.3) is 0 Å². The Morgan fingerprint density at radius 2 is 1.39 bits per heavy atom. The van der Waals surface area contributed by atoms with Gasteiger partial charge in [-0.2, -0.15) is 26.3 Å². The molecule has 4 nitrogen and oxygen atoms in total. The fourth-order valence-electron chi connectivity index (χ4n) is 2.88. The van der Waals surface area contributed by atoms with Gasteiger partial charge in [0.1, 0.15) is 0 Å². The summed E-state index contributed by atoms with van der Waals surface area (Å²) in [6.07, 6.45) is -9.87. The number of aromatic nitrogens is 3. The Kier molecular flexibility index (Phi) is 3.95. The normalized spacial score (nSPS) is 12.6. The van der Waals surface area contributed by atoms with Crippen molar-refractivity contribution in [3.63, 3.8) is 0 Å². The van der Waals surface area contributed by atoms with Crippen LogP contribution in [0.1, 0.15) is 11.1 Å². The highest BCUT2D eigenvalue weighted by molar-refractivity contribution is 5.83. The molecule has 0 aliphatic carbocycles. The van der Waals surface area contributed by atoms with Gasteiger partial charge >= 0.3 is 12.4 Å². The molecule has 2 aromatic heterocycles. The minimum Gasteiger partial charge on any atom is -0.324 e. The zero-order valence-electron chi connectivity index (χ0n) is 13.8. The van der Waals surface area contributed by atoms with Crippen molar-refractivity contribution in [3.05, 3.63) is 65.7 Å². The van der Waals surface area contributed by atoms with Crippen LogP contribution in [0.2, 0.25) is 0 Å². The number of hydrogen-bond donors (Lipinski definition) is 1. The van der Waals surface area contributed by atoms with Gasteiger partial charge in [-0.15, -0.1) is 10.2 Å². The summed E-state index contributed by atoms with van der Waals surface area (Å²) in [5.41, 5.74) is -2.18. The van der Waals surface area contributed by atoms with E-state index in [0.717, 1.165) is 5.39 Å². The van der Waals surface area contributed by atoms with Gasteiger partial charge in [0.05, 0.1) is 16.6 Å². The van der Waals surface area contributed by atoms with Crippen LogP contribution in [0.3, 0.4) is 0 Å². The van der Waals surface area contributed by atoms with E-state index in [2.05, 4.69) is 15.5 Å². The minimum absolute atomic E-state index is 0.000695. The second-order valence-corrected chi connectivity index (χ2v) is 6.03. The molecule has 0 radical (unpaired) electrons. The second kappa shape index (κ2) is 6.11. The number of fused-ring (bicyclic) bond motifs is 3. The third-order valence-corrected chi connectivity index (χ3v) is 4.12. The average Bonchev–Trinajstić information content (AvgIpc) is 3.03. The zero-order chi connectivity index (χ0) is 20.1. The molecule has 0 bridgehead atoms. The topological polar surface area (TPSA) is 42.2 Å². The third-order valence-electron chi connectivity index (χ3n) is 4.12. The van der Waals surface area contributed by atoms with Crippen LogP contribution in [0.5, 0.6) is 0 Å². The largest absolute Gasteiger partial charge is 0.416 e. The Labute approximate surface area is 153 Å². The first-order valence-corrected chi connectivity index (χ1v) is 7.92. The van der Waals surface area contributed by atoms with Gasteiger partial charge in [0, 0.05) is 5.69 Å². The third kappa shape index (κ3) is 3.21. The van der Waals surface area contributed by atoms with Crippen LogP contribution in [0.4, 0.5) is 38.0 Å². The highest BCUT2D eigenvalue weighted by Crippen LogP contribution is 2.38. The molecule has 0 amide bonds. The Morgan fingerprint density at radius 3 is 2.04 bits per heavy atom. The van der Waals surface area contributed by atoms with Crippen molar-refractivity contribution in [1.29, 1.82) is 0 Å². The van der Waals surface area contributed by atoms with Crippen molar-refractivity contribution in [2.75, 3.05) is 5.32 Å². The number of anilines is 2. The van der Waals surface area contributed by atoms with Crippen molar-refractivity contribution in [1.82, 2.24) is 14.6 Å². The molecule has 2 heterocycles. The Balaban J connectivity index is 1.86. The highest BCUT2D eigenvalue weighted by atomic mass is 19.4. The van der Waals surface area contributed by atoms with Crippen molar-refractivity contribution >= 4 is 28.2 Å². The first-order valence-electron chi connectivity index (χ1n) is 7.92. The fraction of sp³-hybridized carbons (Fsp3) is 0.111. The van der Waals surface area contributed by atoms with E-state index in [1.54, 1.807) is 30.3 Å². The average molecular weight is 396 g/mol. The summed E-state index contributed by atoms with van der Waals surface area (Å²) in [5.74, 6) is -0.000695. The van der Waals surface area contributed by atoms with Crippen molar-refractivity contribution < 1.29 is 26.3 Å². The molecular weight excluding hydrogens is 386 g/mol. The summed E-state index contributed by atoms with van der Waals surface area (Å²) in [4.78, 5) is 0. The number of nitrogens with zero attached hydrogens (tertiary/aromatic N) is 3. The van der Waals surface area contributed by atoms with Crippen LogP contribution in [-0.2, 0) is 12.4 Å². The Hall–Kier alpha value is -3.30. The number of nitrogens with one attached hydrogen (secondary N) is 1. The lowest BCUT2D eigenvalue weighted by molar-refractivity contribution is -0.143. The summed E-state index contributed by atoms with van der Waals surface area (Å²) in [6, 6.07) is 11.8. The smallest absolute Gasteiger partial charge is 0.324 e. The van der Waals surface area contributed by atoms with Gasteiger partial charge in [0.15, 0.2) is 5.65 Å². The maximum Gasteiger partial charge on any atom is 0.416 e. The first-order chi connectivity index (χ1) is 13.1. The van der Waals surface area contributed by atoms with E-state index < -0.39 is 29.2 Å². The monoisotopic (exact) mass is 396 g/mol. The van der Waals surface area contributed by atoms with Crippen molar-refractivity contribution in [2.45, 2.75) is 12.4 Å². The van der Waals surface area contributed by atoms with E-state index in [0.29, 0.717) is 23.3 Å². The molecule has 0 aliphatic heterocycles. The molecule has 0 fully saturated rings. The molecule has 144 valence electrons. The molecular formula is C18H10F6N4. The predicted molar refractivity (Wildman–Crippen MR) is 90.2 cm³/mol. The molecule has 28 heavy (non-hydrogen) atoms. The SMILES string of the molecule is FC(F)(F)c1cc(Nc2nnc3ccc4ccccc4n23)cc(C(F)(F)F)c1. The molecule has 10 heteroatoms. The van der Waals surface area contributed by atoms with Crippen LogP contribution in [0.15, 0.2) is 54.6 Å². The summed E-state index contributed by atoms with van der Waals surface area (Å²) < 4.78 is 79.8. The van der Waals surface area contributed by atoms with Crippen molar-refractivity contribution in [3.8, 4) is 0 Å². The van der Waals surface area contributed by atoms with Crippen LogP contribution in [-0.4, -0.2) is 14.6 Å². The number of halogens is 6. The standard InChI is InChI=1S/C18H10F6N4/c19-17(20,21)11-7-12(18(22,23)24)9-13(8-11)25-16-27-26-15-6-5-10-3-1-2-4-14(10)28(15)16/h1-9H,(H,25,27). The molecule has 0 spiro atoms. The molecule has 0 atom stereocenters. The van der Waals surface area contributed by atoms with Gasteiger partial charge < -0.3 is 5.32 Å². The van der Waals surface area contributed by atoms with Gasteiger partial charge in [0.2, 0.25) is 5.95 Å². The van der Waals surface area contributed by atoms with Crippen LogP contribution in [0, 0.1) is 0 Å². The van der Waals surface area contributed by atoms with Crippen LogP contribution in [0.25, 0.3) is 16.6 Å². The number of alkyl halides is 6. The Morgan fingerprint density at radius 1 is 0.750 bits per heavy atom. The molecule has 0 saturated heterocycles. The molecule has 0 saturated carbocycles. The zero-order valence-corrected chi connectivity index (χ0v) is 13.8. The van der Waals surface area contributed by atoms with Gasteiger partial charge in [-0.05, 0) is 41.8 Å². The second-order valence-electron chi connectivity index (χ2n) is 6.03. The van der Waals surface area contributed by atoms with E-state index in [1.807, 2.05) is 6.07 Å². The molecule has 0 unspecified atom stereocenters. The number of hydrogen-bond acceptors (Lipinski definition) is 3. The van der Waals surface area contributed by atoms with E-state index >= 15 is 0 Å². The van der Waals surface area contributed by atoms with Crippen molar-refractivity contribution in [2.24, 2.45) is 0 Å². The molecule has 4 aromatic rings. The molecule has 2 aromatic carbocycles. The van der Waals surface area contributed by atoms with Gasteiger partial charge in [-0.25, -0.2) is 0 Å². The maximum absolute atomic E-state index is 13.0. The lowest BCUT2D eigenvalue weighted by atomic mass is 10.1. The highest BCUT2D eigenvalue weighted by Gasteiger charge is 2.37. The summed E-state index contributed by atoms with van der Waals surface area (Å²) in [6.45, 7) is 0. The predicted octanol–water partition coefficient (Wildman–Crippen LogP) is 5.66. The number of benzene rings is 2. The molecule has 4 rings (SSSR count). The van der Waals surface area contributed by atoms with E-state index in [4.69, 9.17) is 0 Å². The number of para-hydroxylation sites is 1. The van der Waals surface area contributed by atoms with E-state index in [-0.39, 0.29) is 12.0 Å². The number of rotatable bonds is 2. The summed E-state index contributed by atoms with van der Waals surface area (Å²) in [7, 11) is 0. The fourth-order valence-corrected chi connectivity index (χ4v) is 2.88. The summed E-state index contributed by atoms with van der Waals surface area (Å²) >= 11 is 0. The van der Waals surface area contributed by atoms with E-state index in [1.165, 1.54) is 4.40 Å². The van der Waals surface area contributed by atoms with Crippen LogP contribution < -0.4 is 5.32 Å². The minimum atomic E-state index is -4.93. The molecule has 1 N–H and O–H groups in total.